The molecule has 1 amide bonds. The molecule has 0 aliphatic carbocycles. The summed E-state index contributed by atoms with van der Waals surface area (Å²) >= 11 is 0. The number of carbonyl (C=O) groups excluding carboxylic acids is 2. The SMILES string of the molecule is O=C(COC(=O)CCc1ccccc1)NC(c1ccccc1)c1ccccc1. The predicted octanol–water partition coefficient (Wildman–Crippen LogP) is 4.07. The van der Waals surface area contributed by atoms with Crippen LogP contribution >= 0.6 is 0 Å². The quantitative estimate of drug-likeness (QED) is 0.606. The largest absolute Gasteiger partial charge is 0.456 e. The highest BCUT2D eigenvalue weighted by Crippen LogP contribution is 2.21. The van der Waals surface area contributed by atoms with Gasteiger partial charge in [-0.1, -0.05) is 91.0 Å². The summed E-state index contributed by atoms with van der Waals surface area (Å²) in [5.74, 6) is -0.708. The standard InChI is InChI=1S/C24H23NO3/c26-22(18-28-23(27)17-16-19-10-4-1-5-11-19)25-24(20-12-6-2-7-13-20)21-14-8-3-9-15-21/h1-15,24H,16-18H2,(H,25,26). The van der Waals surface area contributed by atoms with E-state index >= 15 is 0 Å². The highest BCUT2D eigenvalue weighted by Gasteiger charge is 2.17. The molecule has 0 aliphatic heterocycles. The molecule has 3 aromatic carbocycles. The molecule has 0 aromatic heterocycles. The molecule has 28 heavy (non-hydrogen) atoms. The Morgan fingerprint density at radius 2 is 1.25 bits per heavy atom. The molecule has 4 heteroatoms. The third kappa shape index (κ3) is 5.81. The molecule has 0 heterocycles. The van der Waals surface area contributed by atoms with Gasteiger partial charge in [0.1, 0.15) is 0 Å². The first-order valence-electron chi connectivity index (χ1n) is 9.31. The van der Waals surface area contributed by atoms with Crippen LogP contribution in [0, 0.1) is 0 Å². The van der Waals surface area contributed by atoms with Crippen molar-refractivity contribution in [2.75, 3.05) is 6.61 Å². The third-order valence-corrected chi connectivity index (χ3v) is 4.40. The van der Waals surface area contributed by atoms with Gasteiger partial charge in [-0.15, -0.1) is 0 Å². The lowest BCUT2D eigenvalue weighted by molar-refractivity contribution is -0.148. The van der Waals surface area contributed by atoms with Crippen LogP contribution in [0.25, 0.3) is 0 Å². The van der Waals surface area contributed by atoms with Crippen molar-refractivity contribution in [3.63, 3.8) is 0 Å². The number of benzene rings is 3. The number of carbonyl (C=O) groups is 2. The Morgan fingerprint density at radius 1 is 0.750 bits per heavy atom. The average Bonchev–Trinajstić information content (AvgIpc) is 2.76. The van der Waals surface area contributed by atoms with E-state index in [-0.39, 0.29) is 30.9 Å². The molecule has 0 saturated carbocycles. The van der Waals surface area contributed by atoms with E-state index in [0.29, 0.717) is 6.42 Å². The first-order chi connectivity index (χ1) is 13.7. The number of ether oxygens (including phenoxy) is 1. The van der Waals surface area contributed by atoms with E-state index in [1.807, 2.05) is 91.0 Å². The lowest BCUT2D eigenvalue weighted by Gasteiger charge is -2.20. The Balaban J connectivity index is 1.54. The zero-order valence-electron chi connectivity index (χ0n) is 15.6. The smallest absolute Gasteiger partial charge is 0.306 e. The number of hydrogen-bond acceptors (Lipinski definition) is 3. The van der Waals surface area contributed by atoms with Gasteiger partial charge in [0.05, 0.1) is 6.04 Å². The van der Waals surface area contributed by atoms with Gasteiger partial charge in [-0.05, 0) is 23.1 Å². The molecule has 1 N–H and O–H groups in total. The van der Waals surface area contributed by atoms with Gasteiger partial charge in [-0.2, -0.15) is 0 Å². The van der Waals surface area contributed by atoms with E-state index in [0.717, 1.165) is 16.7 Å². The second-order valence-electron chi connectivity index (χ2n) is 6.47. The van der Waals surface area contributed by atoms with Gasteiger partial charge in [0.2, 0.25) is 0 Å². The number of rotatable bonds is 8. The topological polar surface area (TPSA) is 55.4 Å². The monoisotopic (exact) mass is 373 g/mol. The van der Waals surface area contributed by atoms with Crippen molar-refractivity contribution in [2.45, 2.75) is 18.9 Å². The molecule has 0 radical (unpaired) electrons. The van der Waals surface area contributed by atoms with Gasteiger partial charge in [-0.25, -0.2) is 0 Å². The van der Waals surface area contributed by atoms with Crippen molar-refractivity contribution >= 4 is 11.9 Å². The Hall–Kier alpha value is -3.40. The second kappa shape index (κ2) is 10.1. The lowest BCUT2D eigenvalue weighted by atomic mass is 9.99. The fourth-order valence-corrected chi connectivity index (χ4v) is 2.96. The number of esters is 1. The molecule has 0 spiro atoms. The number of aryl methyl sites for hydroxylation is 1. The van der Waals surface area contributed by atoms with Crippen molar-refractivity contribution in [1.82, 2.24) is 5.32 Å². The molecule has 3 rings (SSSR count). The highest BCUT2D eigenvalue weighted by molar-refractivity contribution is 5.81. The second-order valence-corrected chi connectivity index (χ2v) is 6.47. The van der Waals surface area contributed by atoms with E-state index in [1.54, 1.807) is 0 Å². The van der Waals surface area contributed by atoms with Crippen LogP contribution in [-0.2, 0) is 20.7 Å². The lowest BCUT2D eigenvalue weighted by Crippen LogP contribution is -2.33. The minimum atomic E-state index is -0.380. The third-order valence-electron chi connectivity index (χ3n) is 4.40. The van der Waals surface area contributed by atoms with Gasteiger partial charge >= 0.3 is 5.97 Å². The maximum atomic E-state index is 12.4. The molecule has 0 bridgehead atoms. The summed E-state index contributed by atoms with van der Waals surface area (Å²) in [5, 5.41) is 2.96. The normalized spacial score (nSPS) is 10.5. The molecular weight excluding hydrogens is 350 g/mol. The summed E-state index contributed by atoms with van der Waals surface area (Å²) in [6.45, 7) is -0.288. The van der Waals surface area contributed by atoms with Crippen LogP contribution in [0.2, 0.25) is 0 Å². The molecule has 3 aromatic rings. The first kappa shape index (κ1) is 19.4. The molecular formula is C24H23NO3. The molecule has 0 aliphatic rings. The zero-order chi connectivity index (χ0) is 19.6. The Morgan fingerprint density at radius 3 is 1.79 bits per heavy atom. The van der Waals surface area contributed by atoms with Crippen LogP contribution in [0.3, 0.4) is 0 Å². The predicted molar refractivity (Wildman–Crippen MR) is 109 cm³/mol. The maximum Gasteiger partial charge on any atom is 0.306 e. The highest BCUT2D eigenvalue weighted by atomic mass is 16.5. The number of hydrogen-bond donors (Lipinski definition) is 1. The zero-order valence-corrected chi connectivity index (χ0v) is 15.6. The Labute approximate surface area is 165 Å². The number of nitrogens with one attached hydrogen (secondary N) is 1. The van der Waals surface area contributed by atoms with Gasteiger partial charge < -0.3 is 10.1 Å². The maximum absolute atomic E-state index is 12.4. The van der Waals surface area contributed by atoms with Crippen molar-refractivity contribution < 1.29 is 14.3 Å². The summed E-state index contributed by atoms with van der Waals surface area (Å²) < 4.78 is 5.15. The van der Waals surface area contributed by atoms with Crippen molar-refractivity contribution in [1.29, 1.82) is 0 Å². The number of amides is 1. The molecule has 142 valence electrons. The van der Waals surface area contributed by atoms with E-state index < -0.39 is 0 Å². The van der Waals surface area contributed by atoms with Crippen molar-refractivity contribution in [3.05, 3.63) is 108 Å². The molecule has 0 saturated heterocycles. The summed E-state index contributed by atoms with van der Waals surface area (Å²) in [4.78, 5) is 24.3. The van der Waals surface area contributed by atoms with Gasteiger partial charge in [0.15, 0.2) is 6.61 Å². The fraction of sp³-hybridized carbons (Fsp3) is 0.167. The molecule has 4 nitrogen and oxygen atoms in total. The van der Waals surface area contributed by atoms with E-state index in [1.165, 1.54) is 0 Å². The van der Waals surface area contributed by atoms with Crippen LogP contribution in [0.1, 0.15) is 29.2 Å². The van der Waals surface area contributed by atoms with Gasteiger partial charge in [0.25, 0.3) is 5.91 Å². The Bertz CT molecular complexity index is 840. The van der Waals surface area contributed by atoms with Crippen LogP contribution in [-0.4, -0.2) is 18.5 Å². The van der Waals surface area contributed by atoms with Gasteiger partial charge in [0, 0.05) is 6.42 Å². The van der Waals surface area contributed by atoms with E-state index in [9.17, 15) is 9.59 Å². The van der Waals surface area contributed by atoms with Crippen LogP contribution < -0.4 is 5.32 Å². The molecule has 0 atom stereocenters. The van der Waals surface area contributed by atoms with E-state index in [4.69, 9.17) is 4.74 Å². The van der Waals surface area contributed by atoms with E-state index in [2.05, 4.69) is 5.32 Å². The van der Waals surface area contributed by atoms with Crippen molar-refractivity contribution in [3.8, 4) is 0 Å². The van der Waals surface area contributed by atoms with Crippen LogP contribution in [0.5, 0.6) is 0 Å². The summed E-state index contributed by atoms with van der Waals surface area (Å²) in [7, 11) is 0. The summed E-state index contributed by atoms with van der Waals surface area (Å²) in [5.41, 5.74) is 3.01. The summed E-state index contributed by atoms with van der Waals surface area (Å²) in [6, 6.07) is 28.9. The Kier molecular flexibility index (Phi) is 6.96. The van der Waals surface area contributed by atoms with Crippen LogP contribution in [0.4, 0.5) is 0 Å². The first-order valence-corrected chi connectivity index (χ1v) is 9.31. The minimum absolute atomic E-state index is 0.248. The minimum Gasteiger partial charge on any atom is -0.456 e. The average molecular weight is 373 g/mol. The van der Waals surface area contributed by atoms with Crippen LogP contribution in [0.15, 0.2) is 91.0 Å². The van der Waals surface area contributed by atoms with Crippen molar-refractivity contribution in [2.24, 2.45) is 0 Å². The fourth-order valence-electron chi connectivity index (χ4n) is 2.96. The molecule has 0 fully saturated rings. The van der Waals surface area contributed by atoms with Gasteiger partial charge in [-0.3, -0.25) is 9.59 Å². The molecule has 0 unspecified atom stereocenters. The summed E-state index contributed by atoms with van der Waals surface area (Å²) in [6.07, 6.45) is 0.843.